The summed E-state index contributed by atoms with van der Waals surface area (Å²) in [6, 6.07) is 11.2. The molecule has 3 aromatic rings. The molecule has 1 unspecified atom stereocenters. The number of methoxy groups -OCH3 is 2. The summed E-state index contributed by atoms with van der Waals surface area (Å²) in [5.41, 5.74) is 1.50. The van der Waals surface area contributed by atoms with E-state index in [0.29, 0.717) is 23.0 Å². The number of thioether (sulfide) groups is 1. The molecule has 0 spiro atoms. The topological polar surface area (TPSA) is 77.7 Å². The number of carbonyl (C=O) groups excluding carboxylic acids is 1. The predicted octanol–water partition coefficient (Wildman–Crippen LogP) is 4.20. The molecule has 0 N–H and O–H groups in total. The second-order valence-corrected chi connectivity index (χ2v) is 7.42. The van der Waals surface area contributed by atoms with Gasteiger partial charge < -0.3 is 18.8 Å². The van der Waals surface area contributed by atoms with Gasteiger partial charge in [-0.1, -0.05) is 23.9 Å². The van der Waals surface area contributed by atoms with Gasteiger partial charge in [-0.2, -0.15) is 0 Å². The van der Waals surface area contributed by atoms with Gasteiger partial charge in [0.25, 0.3) is 5.22 Å². The Morgan fingerprint density at radius 1 is 1.13 bits per heavy atom. The monoisotopic (exact) mass is 431 g/mol. The summed E-state index contributed by atoms with van der Waals surface area (Å²) in [6.45, 7) is 1.89. The molecule has 0 bridgehead atoms. The summed E-state index contributed by atoms with van der Waals surface area (Å²) in [7, 11) is 4.82. The molecule has 0 aliphatic heterocycles. The van der Waals surface area contributed by atoms with Gasteiger partial charge in [-0.15, -0.1) is 10.2 Å². The quantitative estimate of drug-likeness (QED) is 0.495. The fourth-order valence-electron chi connectivity index (χ4n) is 2.72. The molecule has 0 saturated heterocycles. The average molecular weight is 431 g/mol. The third-order valence-electron chi connectivity index (χ3n) is 4.65. The van der Waals surface area contributed by atoms with E-state index in [0.717, 1.165) is 17.3 Å². The smallest absolute Gasteiger partial charge is 0.277 e. The number of hydrogen-bond donors (Lipinski definition) is 0. The van der Waals surface area contributed by atoms with Crippen LogP contribution in [0.2, 0.25) is 0 Å². The molecule has 30 heavy (non-hydrogen) atoms. The SMILES string of the molecule is COc1cc(OC)cc(-c2nnc(SCC(=O)N(C)C(C)c3ccc(F)cc3)o2)c1. The highest BCUT2D eigenvalue weighted by atomic mass is 32.2. The Bertz CT molecular complexity index is 987. The summed E-state index contributed by atoms with van der Waals surface area (Å²) in [4.78, 5) is 14.2. The normalized spacial score (nSPS) is 11.8. The molecule has 1 heterocycles. The van der Waals surface area contributed by atoms with E-state index in [-0.39, 0.29) is 28.7 Å². The van der Waals surface area contributed by atoms with E-state index >= 15 is 0 Å². The molecule has 0 aliphatic rings. The van der Waals surface area contributed by atoms with Crippen LogP contribution in [0.5, 0.6) is 11.5 Å². The zero-order valence-electron chi connectivity index (χ0n) is 17.1. The number of halogens is 1. The first-order chi connectivity index (χ1) is 14.4. The van der Waals surface area contributed by atoms with Crippen LogP contribution in [0.4, 0.5) is 4.39 Å². The van der Waals surface area contributed by atoms with Crippen molar-refractivity contribution in [2.24, 2.45) is 0 Å². The standard InChI is InChI=1S/C21H22FN3O4S/c1-13(14-5-7-16(22)8-6-14)25(2)19(26)12-30-21-24-23-20(29-21)15-9-17(27-3)11-18(10-15)28-4/h5-11,13H,12H2,1-4H3. The van der Waals surface area contributed by atoms with Crippen molar-refractivity contribution in [3.05, 3.63) is 53.8 Å². The lowest BCUT2D eigenvalue weighted by molar-refractivity contribution is -0.128. The van der Waals surface area contributed by atoms with Gasteiger partial charge in [0.2, 0.25) is 11.8 Å². The van der Waals surface area contributed by atoms with Crippen LogP contribution in [0.15, 0.2) is 52.1 Å². The molecule has 0 saturated carbocycles. The predicted molar refractivity (Wildman–Crippen MR) is 111 cm³/mol. The van der Waals surface area contributed by atoms with Crippen molar-refractivity contribution in [3.8, 4) is 23.0 Å². The minimum Gasteiger partial charge on any atom is -0.497 e. The highest BCUT2D eigenvalue weighted by Gasteiger charge is 2.19. The average Bonchev–Trinajstić information content (AvgIpc) is 3.25. The fraction of sp³-hybridized carbons (Fsp3) is 0.286. The van der Waals surface area contributed by atoms with Gasteiger partial charge in [0.1, 0.15) is 17.3 Å². The summed E-state index contributed by atoms with van der Waals surface area (Å²) in [5.74, 6) is 1.21. The Hall–Kier alpha value is -3.07. The van der Waals surface area contributed by atoms with Crippen LogP contribution in [-0.4, -0.2) is 48.0 Å². The van der Waals surface area contributed by atoms with E-state index in [1.807, 2.05) is 6.92 Å². The van der Waals surface area contributed by atoms with Crippen LogP contribution in [0.25, 0.3) is 11.5 Å². The molecular weight excluding hydrogens is 409 g/mol. The van der Waals surface area contributed by atoms with E-state index < -0.39 is 0 Å². The number of carbonyl (C=O) groups is 1. The van der Waals surface area contributed by atoms with Gasteiger partial charge in [-0.3, -0.25) is 4.79 Å². The lowest BCUT2D eigenvalue weighted by Crippen LogP contribution is -2.31. The molecule has 1 atom stereocenters. The lowest BCUT2D eigenvalue weighted by atomic mass is 10.1. The van der Waals surface area contributed by atoms with E-state index in [9.17, 15) is 9.18 Å². The van der Waals surface area contributed by atoms with Gasteiger partial charge in [-0.05, 0) is 36.8 Å². The Balaban J connectivity index is 1.63. The van der Waals surface area contributed by atoms with Crippen LogP contribution < -0.4 is 9.47 Å². The molecule has 1 aromatic heterocycles. The Morgan fingerprint density at radius 2 is 1.77 bits per heavy atom. The summed E-state index contributed by atoms with van der Waals surface area (Å²) in [5, 5.41) is 8.32. The molecule has 1 amide bonds. The van der Waals surface area contributed by atoms with Crippen molar-refractivity contribution in [3.63, 3.8) is 0 Å². The van der Waals surface area contributed by atoms with Crippen molar-refractivity contribution in [2.75, 3.05) is 27.0 Å². The number of aromatic nitrogens is 2. The first kappa shape index (κ1) is 21.6. The minimum atomic E-state index is -0.309. The zero-order valence-corrected chi connectivity index (χ0v) is 17.9. The number of benzene rings is 2. The van der Waals surface area contributed by atoms with Gasteiger partial charge in [0.05, 0.1) is 26.0 Å². The fourth-order valence-corrected chi connectivity index (χ4v) is 3.41. The Labute approximate surface area is 178 Å². The number of rotatable bonds is 8. The van der Waals surface area contributed by atoms with Crippen LogP contribution in [0, 0.1) is 5.82 Å². The Kier molecular flexibility index (Phi) is 6.94. The van der Waals surface area contributed by atoms with E-state index in [2.05, 4.69) is 10.2 Å². The summed E-state index contributed by atoms with van der Waals surface area (Å²) < 4.78 is 29.3. The van der Waals surface area contributed by atoms with Gasteiger partial charge >= 0.3 is 0 Å². The lowest BCUT2D eigenvalue weighted by Gasteiger charge is -2.25. The molecule has 158 valence electrons. The van der Waals surface area contributed by atoms with Crippen molar-refractivity contribution in [1.29, 1.82) is 0 Å². The second-order valence-electron chi connectivity index (χ2n) is 6.50. The van der Waals surface area contributed by atoms with Gasteiger partial charge in [0.15, 0.2) is 0 Å². The molecule has 0 fully saturated rings. The maximum absolute atomic E-state index is 13.1. The van der Waals surface area contributed by atoms with Crippen LogP contribution in [0.1, 0.15) is 18.5 Å². The number of hydrogen-bond acceptors (Lipinski definition) is 7. The number of amides is 1. The molecule has 9 heteroatoms. The first-order valence-corrected chi connectivity index (χ1v) is 10.1. The van der Waals surface area contributed by atoms with E-state index in [1.54, 1.807) is 56.5 Å². The zero-order chi connectivity index (χ0) is 21.7. The molecule has 2 aromatic carbocycles. The van der Waals surface area contributed by atoms with Gasteiger partial charge in [-0.25, -0.2) is 4.39 Å². The van der Waals surface area contributed by atoms with Crippen molar-refractivity contribution in [2.45, 2.75) is 18.2 Å². The van der Waals surface area contributed by atoms with Crippen LogP contribution >= 0.6 is 11.8 Å². The van der Waals surface area contributed by atoms with Crippen LogP contribution in [0.3, 0.4) is 0 Å². The second kappa shape index (κ2) is 9.62. The highest BCUT2D eigenvalue weighted by molar-refractivity contribution is 7.99. The van der Waals surface area contributed by atoms with E-state index in [1.165, 1.54) is 12.1 Å². The molecule has 0 aliphatic carbocycles. The van der Waals surface area contributed by atoms with Crippen molar-refractivity contribution >= 4 is 17.7 Å². The summed E-state index contributed by atoms with van der Waals surface area (Å²) in [6.07, 6.45) is 0. The van der Waals surface area contributed by atoms with Crippen LogP contribution in [-0.2, 0) is 4.79 Å². The van der Waals surface area contributed by atoms with Gasteiger partial charge in [0, 0.05) is 18.7 Å². The molecular formula is C21H22FN3O4S. The van der Waals surface area contributed by atoms with Crippen molar-refractivity contribution in [1.82, 2.24) is 15.1 Å². The third-order valence-corrected chi connectivity index (χ3v) is 5.45. The summed E-state index contributed by atoms with van der Waals surface area (Å²) >= 11 is 1.15. The first-order valence-electron chi connectivity index (χ1n) is 9.12. The third kappa shape index (κ3) is 5.10. The Morgan fingerprint density at radius 3 is 2.37 bits per heavy atom. The maximum atomic E-state index is 13.1. The number of ether oxygens (including phenoxy) is 2. The molecule has 7 nitrogen and oxygen atoms in total. The molecule has 3 rings (SSSR count). The van der Waals surface area contributed by atoms with E-state index in [4.69, 9.17) is 13.9 Å². The largest absolute Gasteiger partial charge is 0.497 e. The highest BCUT2D eigenvalue weighted by Crippen LogP contribution is 2.30. The van der Waals surface area contributed by atoms with Crippen molar-refractivity contribution < 1.29 is 23.1 Å². The molecule has 0 radical (unpaired) electrons. The minimum absolute atomic E-state index is 0.111. The maximum Gasteiger partial charge on any atom is 0.277 e. The number of nitrogens with zero attached hydrogens (tertiary/aromatic N) is 3.